The summed E-state index contributed by atoms with van der Waals surface area (Å²) in [6, 6.07) is 3.88. The monoisotopic (exact) mass is 281 g/mol. The van der Waals surface area contributed by atoms with E-state index in [1.165, 1.54) is 0 Å². The fourth-order valence-electron chi connectivity index (χ4n) is 2.03. The molecule has 5 heteroatoms. The average molecular weight is 281 g/mol. The van der Waals surface area contributed by atoms with Gasteiger partial charge in [0.1, 0.15) is 5.76 Å². The van der Waals surface area contributed by atoms with Crippen molar-refractivity contribution in [3.05, 3.63) is 24.2 Å². The molecule has 1 aromatic rings. The molecule has 1 unspecified atom stereocenters. The van der Waals surface area contributed by atoms with Crippen LogP contribution in [0.3, 0.4) is 0 Å². The fourth-order valence-corrected chi connectivity index (χ4v) is 2.03. The first-order valence-electron chi connectivity index (χ1n) is 7.44. The smallest absolute Gasteiger partial charge is 0.315 e. The van der Waals surface area contributed by atoms with Crippen LogP contribution in [-0.2, 0) is 6.42 Å². The van der Waals surface area contributed by atoms with Crippen molar-refractivity contribution in [2.75, 3.05) is 26.2 Å². The summed E-state index contributed by atoms with van der Waals surface area (Å²) in [5.74, 6) is 0.959. The first-order valence-corrected chi connectivity index (χ1v) is 7.44. The SMILES string of the molecule is CCN(CC)CCNC(=O)NC(C)CCc1ccco1. The third kappa shape index (κ3) is 6.61. The van der Waals surface area contributed by atoms with E-state index in [4.69, 9.17) is 4.42 Å². The van der Waals surface area contributed by atoms with Gasteiger partial charge in [-0.1, -0.05) is 13.8 Å². The Bertz CT molecular complexity index is 361. The molecule has 1 atom stereocenters. The van der Waals surface area contributed by atoms with Crippen LogP contribution in [0, 0.1) is 0 Å². The number of nitrogens with one attached hydrogen (secondary N) is 2. The molecule has 0 aliphatic heterocycles. The minimum atomic E-state index is -0.0934. The molecule has 1 rings (SSSR count). The molecule has 0 radical (unpaired) electrons. The van der Waals surface area contributed by atoms with Gasteiger partial charge in [-0.15, -0.1) is 0 Å². The van der Waals surface area contributed by atoms with Gasteiger partial charge in [0.05, 0.1) is 6.26 Å². The first-order chi connectivity index (χ1) is 9.65. The lowest BCUT2D eigenvalue weighted by Gasteiger charge is -2.19. The fraction of sp³-hybridized carbons (Fsp3) is 0.667. The van der Waals surface area contributed by atoms with Crippen molar-refractivity contribution in [2.24, 2.45) is 0 Å². The van der Waals surface area contributed by atoms with Crippen molar-refractivity contribution in [3.8, 4) is 0 Å². The number of rotatable bonds is 9. The Labute approximate surface area is 121 Å². The maximum Gasteiger partial charge on any atom is 0.315 e. The van der Waals surface area contributed by atoms with Crippen LogP contribution in [0.4, 0.5) is 4.79 Å². The zero-order chi connectivity index (χ0) is 14.8. The Hall–Kier alpha value is -1.49. The van der Waals surface area contributed by atoms with Gasteiger partial charge in [0.25, 0.3) is 0 Å². The molecule has 0 spiro atoms. The number of carbonyl (C=O) groups is 1. The second kappa shape index (κ2) is 9.42. The zero-order valence-corrected chi connectivity index (χ0v) is 12.8. The molecule has 0 bridgehead atoms. The summed E-state index contributed by atoms with van der Waals surface area (Å²) < 4.78 is 5.27. The number of furan rings is 1. The van der Waals surface area contributed by atoms with Crippen LogP contribution in [0.1, 0.15) is 33.0 Å². The quantitative estimate of drug-likeness (QED) is 0.730. The van der Waals surface area contributed by atoms with Gasteiger partial charge in [0.2, 0.25) is 0 Å². The van der Waals surface area contributed by atoms with E-state index in [9.17, 15) is 4.79 Å². The van der Waals surface area contributed by atoms with E-state index in [1.807, 2.05) is 19.1 Å². The third-order valence-electron chi connectivity index (χ3n) is 3.39. The zero-order valence-electron chi connectivity index (χ0n) is 12.8. The Morgan fingerprint density at radius 3 is 2.75 bits per heavy atom. The van der Waals surface area contributed by atoms with Gasteiger partial charge in [-0.3, -0.25) is 0 Å². The van der Waals surface area contributed by atoms with Crippen molar-refractivity contribution in [1.29, 1.82) is 0 Å². The number of amides is 2. The molecule has 0 saturated heterocycles. The molecule has 1 aromatic heterocycles. The molecule has 0 aliphatic rings. The Kier molecular flexibility index (Phi) is 7.80. The topological polar surface area (TPSA) is 57.5 Å². The Morgan fingerprint density at radius 1 is 1.40 bits per heavy atom. The second-order valence-corrected chi connectivity index (χ2v) is 4.95. The maximum absolute atomic E-state index is 11.7. The number of aryl methyl sites for hydroxylation is 1. The van der Waals surface area contributed by atoms with Crippen LogP contribution in [-0.4, -0.2) is 43.2 Å². The highest BCUT2D eigenvalue weighted by Gasteiger charge is 2.08. The number of carbonyl (C=O) groups excluding carboxylic acids is 1. The van der Waals surface area contributed by atoms with Gasteiger partial charge in [0, 0.05) is 25.6 Å². The molecule has 2 N–H and O–H groups in total. The molecule has 5 nitrogen and oxygen atoms in total. The summed E-state index contributed by atoms with van der Waals surface area (Å²) in [7, 11) is 0. The van der Waals surface area contributed by atoms with Crippen molar-refractivity contribution in [2.45, 2.75) is 39.7 Å². The van der Waals surface area contributed by atoms with Gasteiger partial charge < -0.3 is 20.0 Å². The van der Waals surface area contributed by atoms with Crippen molar-refractivity contribution < 1.29 is 9.21 Å². The van der Waals surface area contributed by atoms with Crippen molar-refractivity contribution >= 4 is 6.03 Å². The second-order valence-electron chi connectivity index (χ2n) is 4.95. The largest absolute Gasteiger partial charge is 0.469 e. The number of urea groups is 1. The van der Waals surface area contributed by atoms with E-state index in [1.54, 1.807) is 6.26 Å². The summed E-state index contributed by atoms with van der Waals surface area (Å²) in [6.07, 6.45) is 3.39. The van der Waals surface area contributed by atoms with Crippen molar-refractivity contribution in [1.82, 2.24) is 15.5 Å². The minimum Gasteiger partial charge on any atom is -0.469 e. The normalized spacial score (nSPS) is 12.4. The van der Waals surface area contributed by atoms with E-state index < -0.39 is 0 Å². The number of likely N-dealkylation sites (N-methyl/N-ethyl adjacent to an activating group) is 1. The van der Waals surface area contributed by atoms with Crippen LogP contribution in [0.15, 0.2) is 22.8 Å². The minimum absolute atomic E-state index is 0.0934. The molecule has 2 amide bonds. The summed E-state index contributed by atoms with van der Waals surface area (Å²) in [5, 5.41) is 5.83. The van der Waals surface area contributed by atoms with Crippen LogP contribution < -0.4 is 10.6 Å². The van der Waals surface area contributed by atoms with E-state index in [-0.39, 0.29) is 12.1 Å². The van der Waals surface area contributed by atoms with E-state index in [0.29, 0.717) is 6.54 Å². The summed E-state index contributed by atoms with van der Waals surface area (Å²) in [6.45, 7) is 9.85. The van der Waals surface area contributed by atoms with Crippen LogP contribution in [0.5, 0.6) is 0 Å². The molecule has 0 aromatic carbocycles. The predicted molar refractivity (Wildman–Crippen MR) is 80.8 cm³/mol. The molecule has 0 saturated carbocycles. The molecule has 0 fully saturated rings. The summed E-state index contributed by atoms with van der Waals surface area (Å²) in [5.41, 5.74) is 0. The Morgan fingerprint density at radius 2 is 2.15 bits per heavy atom. The molecular formula is C15H27N3O2. The van der Waals surface area contributed by atoms with Crippen LogP contribution in [0.25, 0.3) is 0 Å². The maximum atomic E-state index is 11.7. The number of hydrogen-bond acceptors (Lipinski definition) is 3. The molecule has 20 heavy (non-hydrogen) atoms. The van der Waals surface area contributed by atoms with Gasteiger partial charge in [-0.05, 0) is 38.6 Å². The van der Waals surface area contributed by atoms with Crippen LogP contribution in [0.2, 0.25) is 0 Å². The average Bonchev–Trinajstić information content (AvgIpc) is 2.94. The highest BCUT2D eigenvalue weighted by molar-refractivity contribution is 5.74. The molecule has 0 aliphatic carbocycles. The van der Waals surface area contributed by atoms with E-state index in [2.05, 4.69) is 29.4 Å². The Balaban J connectivity index is 2.11. The standard InChI is InChI=1S/C15H27N3O2/c1-4-18(5-2)11-10-16-15(19)17-13(3)8-9-14-7-6-12-20-14/h6-7,12-13H,4-5,8-11H2,1-3H3,(H2,16,17,19). The first kappa shape index (κ1) is 16.6. The summed E-state index contributed by atoms with van der Waals surface area (Å²) in [4.78, 5) is 14.0. The van der Waals surface area contributed by atoms with E-state index in [0.717, 1.165) is 38.2 Å². The van der Waals surface area contributed by atoms with E-state index >= 15 is 0 Å². The molecule has 1 heterocycles. The number of hydrogen-bond donors (Lipinski definition) is 2. The lowest BCUT2D eigenvalue weighted by Crippen LogP contribution is -2.43. The highest BCUT2D eigenvalue weighted by Crippen LogP contribution is 2.05. The molecule has 114 valence electrons. The van der Waals surface area contributed by atoms with Gasteiger partial charge >= 0.3 is 6.03 Å². The predicted octanol–water partition coefficient (Wildman–Crippen LogP) is 2.24. The summed E-state index contributed by atoms with van der Waals surface area (Å²) >= 11 is 0. The van der Waals surface area contributed by atoms with Gasteiger partial charge in [0.15, 0.2) is 0 Å². The van der Waals surface area contributed by atoms with Crippen molar-refractivity contribution in [3.63, 3.8) is 0 Å². The van der Waals surface area contributed by atoms with Crippen LogP contribution >= 0.6 is 0 Å². The number of nitrogens with zero attached hydrogens (tertiary/aromatic N) is 1. The molecular weight excluding hydrogens is 254 g/mol. The lowest BCUT2D eigenvalue weighted by atomic mass is 10.1. The lowest BCUT2D eigenvalue weighted by molar-refractivity contribution is 0.233. The van der Waals surface area contributed by atoms with Gasteiger partial charge in [-0.2, -0.15) is 0 Å². The highest BCUT2D eigenvalue weighted by atomic mass is 16.3. The van der Waals surface area contributed by atoms with Gasteiger partial charge in [-0.25, -0.2) is 4.79 Å². The third-order valence-corrected chi connectivity index (χ3v) is 3.39.